The lowest BCUT2D eigenvalue weighted by atomic mass is 9.86. The van der Waals surface area contributed by atoms with Crippen LogP contribution in [-0.4, -0.2) is 11.5 Å². The van der Waals surface area contributed by atoms with E-state index in [0.717, 1.165) is 10.9 Å². The van der Waals surface area contributed by atoms with Crippen molar-refractivity contribution in [3.63, 3.8) is 0 Å². The van der Waals surface area contributed by atoms with Crippen LogP contribution < -0.4 is 5.73 Å². The zero-order valence-corrected chi connectivity index (χ0v) is 11.0. The summed E-state index contributed by atoms with van der Waals surface area (Å²) in [5.41, 5.74) is 5.97. The predicted octanol–water partition coefficient (Wildman–Crippen LogP) is 3.41. The van der Waals surface area contributed by atoms with E-state index in [2.05, 4.69) is 4.98 Å². The third-order valence-electron chi connectivity index (χ3n) is 3.59. The fourth-order valence-electron chi connectivity index (χ4n) is 2.53. The van der Waals surface area contributed by atoms with Crippen LogP contribution in [-0.2, 0) is 5.67 Å². The summed E-state index contributed by atoms with van der Waals surface area (Å²) >= 11 is 0. The molecule has 0 fully saturated rings. The highest BCUT2D eigenvalue weighted by molar-refractivity contribution is 5.83. The fraction of sp³-hybridized carbons (Fsp3) is 0.118. The lowest BCUT2D eigenvalue weighted by Crippen LogP contribution is -2.31. The number of alkyl halides is 1. The van der Waals surface area contributed by atoms with Crippen molar-refractivity contribution >= 4 is 10.9 Å². The second-order valence-electron chi connectivity index (χ2n) is 4.75. The van der Waals surface area contributed by atoms with Gasteiger partial charge < -0.3 is 5.73 Å². The van der Waals surface area contributed by atoms with Gasteiger partial charge in [0, 0.05) is 23.7 Å². The summed E-state index contributed by atoms with van der Waals surface area (Å²) in [6.07, 6.45) is 1.71. The topological polar surface area (TPSA) is 38.9 Å². The molecule has 0 spiro atoms. The van der Waals surface area contributed by atoms with Gasteiger partial charge in [0.1, 0.15) is 0 Å². The second-order valence-corrected chi connectivity index (χ2v) is 4.75. The van der Waals surface area contributed by atoms with Gasteiger partial charge in [-0.3, -0.25) is 4.98 Å². The molecule has 3 rings (SSSR count). The number of aromatic nitrogens is 1. The minimum atomic E-state index is -1.70. The molecule has 2 N–H and O–H groups in total. The third-order valence-corrected chi connectivity index (χ3v) is 3.59. The van der Waals surface area contributed by atoms with Gasteiger partial charge in [-0.2, -0.15) is 0 Å². The molecule has 0 radical (unpaired) electrons. The standard InChI is InChI=1S/C17H15FN2/c18-17(12-19,13-6-2-1-3-7-13)15-9-4-10-16-14(15)8-5-11-20-16/h1-11H,12,19H2. The van der Waals surface area contributed by atoms with Gasteiger partial charge in [-0.1, -0.05) is 48.5 Å². The quantitative estimate of drug-likeness (QED) is 0.789. The molecule has 1 aromatic heterocycles. The Bertz CT molecular complexity index is 722. The second kappa shape index (κ2) is 5.02. The first-order chi connectivity index (χ1) is 9.75. The van der Waals surface area contributed by atoms with Crippen LogP contribution in [0.4, 0.5) is 4.39 Å². The van der Waals surface area contributed by atoms with E-state index < -0.39 is 5.67 Å². The van der Waals surface area contributed by atoms with Crippen molar-refractivity contribution in [3.05, 3.63) is 78.0 Å². The molecule has 1 unspecified atom stereocenters. The first-order valence-electron chi connectivity index (χ1n) is 6.54. The Labute approximate surface area is 117 Å². The van der Waals surface area contributed by atoms with Gasteiger partial charge in [0.05, 0.1) is 5.52 Å². The zero-order chi connectivity index (χ0) is 14.0. The zero-order valence-electron chi connectivity index (χ0n) is 11.0. The lowest BCUT2D eigenvalue weighted by molar-refractivity contribution is 0.235. The van der Waals surface area contributed by atoms with Gasteiger partial charge in [0.2, 0.25) is 0 Å². The van der Waals surface area contributed by atoms with Crippen molar-refractivity contribution in [3.8, 4) is 0 Å². The van der Waals surface area contributed by atoms with Crippen LogP contribution in [0.25, 0.3) is 10.9 Å². The molecule has 2 nitrogen and oxygen atoms in total. The first-order valence-corrected chi connectivity index (χ1v) is 6.54. The summed E-state index contributed by atoms with van der Waals surface area (Å²) in [4.78, 5) is 4.28. The van der Waals surface area contributed by atoms with Crippen LogP contribution in [0, 0.1) is 0 Å². The number of benzene rings is 2. The van der Waals surface area contributed by atoms with Crippen LogP contribution >= 0.6 is 0 Å². The highest BCUT2D eigenvalue weighted by Gasteiger charge is 2.34. The first kappa shape index (κ1) is 12.8. The predicted molar refractivity (Wildman–Crippen MR) is 79.1 cm³/mol. The molecular weight excluding hydrogens is 251 g/mol. The summed E-state index contributed by atoms with van der Waals surface area (Å²) in [5, 5.41) is 0.798. The van der Waals surface area contributed by atoms with Gasteiger partial charge in [-0.05, 0) is 17.7 Å². The van der Waals surface area contributed by atoms with E-state index in [-0.39, 0.29) is 6.54 Å². The van der Waals surface area contributed by atoms with Crippen LogP contribution in [0.2, 0.25) is 0 Å². The average molecular weight is 266 g/mol. The summed E-state index contributed by atoms with van der Waals surface area (Å²) in [5.74, 6) is 0. The van der Waals surface area contributed by atoms with Crippen molar-refractivity contribution in [1.82, 2.24) is 4.98 Å². The Morgan fingerprint density at radius 1 is 0.950 bits per heavy atom. The van der Waals surface area contributed by atoms with Crippen molar-refractivity contribution in [1.29, 1.82) is 0 Å². The van der Waals surface area contributed by atoms with E-state index in [0.29, 0.717) is 11.1 Å². The maximum absolute atomic E-state index is 15.6. The molecule has 0 aliphatic rings. The summed E-state index contributed by atoms with van der Waals surface area (Å²) in [7, 11) is 0. The molecule has 2 aromatic carbocycles. The van der Waals surface area contributed by atoms with Crippen LogP contribution in [0.3, 0.4) is 0 Å². The van der Waals surface area contributed by atoms with Gasteiger partial charge >= 0.3 is 0 Å². The molecular formula is C17H15FN2. The van der Waals surface area contributed by atoms with E-state index >= 15 is 4.39 Å². The normalized spacial score (nSPS) is 14.1. The third kappa shape index (κ3) is 1.96. The Balaban J connectivity index is 2.27. The molecule has 0 amide bonds. The van der Waals surface area contributed by atoms with Crippen molar-refractivity contribution < 1.29 is 4.39 Å². The molecule has 1 atom stereocenters. The summed E-state index contributed by atoms with van der Waals surface area (Å²) in [6, 6.07) is 18.2. The van der Waals surface area contributed by atoms with Crippen molar-refractivity contribution in [2.75, 3.05) is 6.54 Å². The van der Waals surface area contributed by atoms with Gasteiger partial charge in [-0.15, -0.1) is 0 Å². The monoisotopic (exact) mass is 266 g/mol. The number of nitrogens with zero attached hydrogens (tertiary/aromatic N) is 1. The van der Waals surface area contributed by atoms with Crippen LogP contribution in [0.15, 0.2) is 66.9 Å². The summed E-state index contributed by atoms with van der Waals surface area (Å²) in [6.45, 7) is -0.106. The highest BCUT2D eigenvalue weighted by atomic mass is 19.1. The molecule has 0 saturated carbocycles. The van der Waals surface area contributed by atoms with E-state index in [1.165, 1.54) is 0 Å². The number of rotatable bonds is 3. The van der Waals surface area contributed by atoms with Crippen LogP contribution in [0.5, 0.6) is 0 Å². The maximum atomic E-state index is 15.6. The highest BCUT2D eigenvalue weighted by Crippen LogP contribution is 2.36. The molecule has 0 saturated heterocycles. The fourth-order valence-corrected chi connectivity index (χ4v) is 2.53. The smallest absolute Gasteiger partial charge is 0.173 e. The van der Waals surface area contributed by atoms with E-state index in [9.17, 15) is 0 Å². The summed E-state index contributed by atoms with van der Waals surface area (Å²) < 4.78 is 15.6. The number of fused-ring (bicyclic) bond motifs is 1. The Morgan fingerprint density at radius 3 is 2.50 bits per heavy atom. The molecule has 100 valence electrons. The molecule has 3 aromatic rings. The van der Waals surface area contributed by atoms with Gasteiger partial charge in [0.25, 0.3) is 0 Å². The number of hydrogen-bond acceptors (Lipinski definition) is 2. The molecule has 0 bridgehead atoms. The Kier molecular flexibility index (Phi) is 3.20. The molecule has 0 aliphatic carbocycles. The number of nitrogens with two attached hydrogens (primary N) is 1. The van der Waals surface area contributed by atoms with Crippen molar-refractivity contribution in [2.45, 2.75) is 5.67 Å². The maximum Gasteiger partial charge on any atom is 0.173 e. The van der Waals surface area contributed by atoms with E-state index in [1.807, 2.05) is 42.5 Å². The molecule has 3 heteroatoms. The van der Waals surface area contributed by atoms with Gasteiger partial charge in [0.15, 0.2) is 5.67 Å². The van der Waals surface area contributed by atoms with Gasteiger partial charge in [-0.25, -0.2) is 4.39 Å². The molecule has 20 heavy (non-hydrogen) atoms. The lowest BCUT2D eigenvalue weighted by Gasteiger charge is -2.26. The SMILES string of the molecule is NCC(F)(c1ccccc1)c1cccc2ncccc12. The molecule has 1 heterocycles. The Hall–Kier alpha value is -2.26. The Morgan fingerprint density at radius 2 is 1.75 bits per heavy atom. The minimum Gasteiger partial charge on any atom is -0.327 e. The largest absolute Gasteiger partial charge is 0.327 e. The van der Waals surface area contributed by atoms with Crippen molar-refractivity contribution in [2.24, 2.45) is 5.73 Å². The van der Waals surface area contributed by atoms with Crippen LogP contribution in [0.1, 0.15) is 11.1 Å². The number of pyridine rings is 1. The molecule has 0 aliphatic heterocycles. The van der Waals surface area contributed by atoms with E-state index in [4.69, 9.17) is 5.73 Å². The average Bonchev–Trinajstić information content (AvgIpc) is 2.54. The van der Waals surface area contributed by atoms with E-state index in [1.54, 1.807) is 24.4 Å². The number of hydrogen-bond donors (Lipinski definition) is 1. The number of halogens is 1. The minimum absolute atomic E-state index is 0.106.